The first kappa shape index (κ1) is 18.9. The van der Waals surface area contributed by atoms with Gasteiger partial charge in [-0.2, -0.15) is 4.31 Å². The van der Waals surface area contributed by atoms with Crippen molar-refractivity contribution in [2.75, 3.05) is 31.1 Å². The molecule has 0 amide bonds. The molecule has 5 heteroatoms. The summed E-state index contributed by atoms with van der Waals surface area (Å²) in [6.45, 7) is 12.5. The predicted molar refractivity (Wildman–Crippen MR) is 108 cm³/mol. The molecule has 0 unspecified atom stereocenters. The van der Waals surface area contributed by atoms with Crippen molar-refractivity contribution >= 4 is 15.7 Å². The van der Waals surface area contributed by atoms with Crippen LogP contribution in [0.25, 0.3) is 0 Å². The van der Waals surface area contributed by atoms with Gasteiger partial charge in [-0.15, -0.1) is 0 Å². The topological polar surface area (TPSA) is 40.6 Å². The molecule has 0 atom stereocenters. The molecule has 140 valence electrons. The number of benzene rings is 2. The third-order valence-corrected chi connectivity index (χ3v) is 7.40. The van der Waals surface area contributed by atoms with Gasteiger partial charge in [-0.05, 0) is 56.9 Å². The summed E-state index contributed by atoms with van der Waals surface area (Å²) < 4.78 is 28.1. The van der Waals surface area contributed by atoms with E-state index in [9.17, 15) is 8.42 Å². The Kier molecular flexibility index (Phi) is 5.13. The Labute approximate surface area is 157 Å². The zero-order chi connectivity index (χ0) is 19.1. The van der Waals surface area contributed by atoms with Crippen LogP contribution < -0.4 is 4.90 Å². The predicted octanol–water partition coefficient (Wildman–Crippen LogP) is 3.74. The molecule has 2 aromatic carbocycles. The van der Waals surface area contributed by atoms with Crippen molar-refractivity contribution in [1.29, 1.82) is 0 Å². The zero-order valence-electron chi connectivity index (χ0n) is 16.3. The molecule has 0 aromatic heterocycles. The van der Waals surface area contributed by atoms with Crippen molar-refractivity contribution in [3.05, 3.63) is 58.1 Å². The average Bonchev–Trinajstić information content (AvgIpc) is 2.54. The lowest BCUT2D eigenvalue weighted by Crippen LogP contribution is -2.49. The number of para-hydroxylation sites is 1. The van der Waals surface area contributed by atoms with Crippen molar-refractivity contribution in [3.63, 3.8) is 0 Å². The molecule has 2 aromatic rings. The van der Waals surface area contributed by atoms with Gasteiger partial charge >= 0.3 is 0 Å². The normalized spacial score (nSPS) is 16.1. The third-order valence-electron chi connectivity index (χ3n) is 5.20. The maximum atomic E-state index is 13.2. The average molecular weight is 373 g/mol. The molecule has 3 rings (SSSR count). The first-order valence-electron chi connectivity index (χ1n) is 9.11. The van der Waals surface area contributed by atoms with Crippen molar-refractivity contribution < 1.29 is 8.42 Å². The number of anilines is 1. The molecule has 1 heterocycles. The van der Waals surface area contributed by atoms with Gasteiger partial charge < -0.3 is 4.90 Å². The number of nitrogens with zero attached hydrogens (tertiary/aromatic N) is 2. The Morgan fingerprint density at radius 1 is 0.769 bits per heavy atom. The summed E-state index contributed by atoms with van der Waals surface area (Å²) in [6.07, 6.45) is 0. The summed E-state index contributed by atoms with van der Waals surface area (Å²) in [5, 5.41) is 0. The van der Waals surface area contributed by atoms with E-state index in [2.05, 4.69) is 36.9 Å². The van der Waals surface area contributed by atoms with Crippen LogP contribution in [0, 0.1) is 34.6 Å². The van der Waals surface area contributed by atoms with Gasteiger partial charge in [0.15, 0.2) is 0 Å². The zero-order valence-corrected chi connectivity index (χ0v) is 17.2. The lowest BCUT2D eigenvalue weighted by molar-refractivity contribution is 0.384. The van der Waals surface area contributed by atoms with E-state index in [1.807, 2.05) is 32.9 Å². The highest BCUT2D eigenvalue weighted by Crippen LogP contribution is 2.29. The largest absolute Gasteiger partial charge is 0.368 e. The quantitative estimate of drug-likeness (QED) is 0.824. The first-order chi connectivity index (χ1) is 12.2. The number of aryl methyl sites for hydroxylation is 5. The SMILES string of the molecule is Cc1cc(C)c(S(=O)(=O)N2CCN(c3c(C)cccc3C)CC2)c(C)c1. The van der Waals surface area contributed by atoms with Crippen LogP contribution in [0.2, 0.25) is 0 Å². The Bertz CT molecular complexity index is 884. The van der Waals surface area contributed by atoms with Crippen LogP contribution in [0.15, 0.2) is 35.2 Å². The van der Waals surface area contributed by atoms with Gasteiger partial charge in [0.05, 0.1) is 4.90 Å². The summed E-state index contributed by atoms with van der Waals surface area (Å²) in [7, 11) is -3.46. The van der Waals surface area contributed by atoms with Crippen LogP contribution >= 0.6 is 0 Å². The number of hydrogen-bond donors (Lipinski definition) is 0. The van der Waals surface area contributed by atoms with Gasteiger partial charge in [0, 0.05) is 31.9 Å². The Balaban J connectivity index is 1.84. The molecule has 0 spiro atoms. The highest BCUT2D eigenvalue weighted by molar-refractivity contribution is 7.89. The van der Waals surface area contributed by atoms with Crippen molar-refractivity contribution in [1.82, 2.24) is 4.31 Å². The molecule has 1 aliphatic rings. The highest BCUT2D eigenvalue weighted by Gasteiger charge is 2.31. The fraction of sp³-hybridized carbons (Fsp3) is 0.429. The Morgan fingerprint density at radius 3 is 1.77 bits per heavy atom. The Morgan fingerprint density at radius 2 is 1.27 bits per heavy atom. The monoisotopic (exact) mass is 372 g/mol. The van der Waals surface area contributed by atoms with Gasteiger partial charge in [0.1, 0.15) is 0 Å². The van der Waals surface area contributed by atoms with E-state index in [-0.39, 0.29) is 0 Å². The van der Waals surface area contributed by atoms with Crippen molar-refractivity contribution in [3.8, 4) is 0 Å². The minimum Gasteiger partial charge on any atom is -0.368 e. The maximum Gasteiger partial charge on any atom is 0.243 e. The molecule has 0 bridgehead atoms. The summed E-state index contributed by atoms with van der Waals surface area (Å²) in [5.74, 6) is 0. The molecule has 1 saturated heterocycles. The maximum absolute atomic E-state index is 13.2. The minimum atomic E-state index is -3.46. The van der Waals surface area contributed by atoms with E-state index in [1.165, 1.54) is 16.8 Å². The number of rotatable bonds is 3. The van der Waals surface area contributed by atoms with E-state index in [0.717, 1.165) is 29.8 Å². The van der Waals surface area contributed by atoms with Gasteiger partial charge in [-0.3, -0.25) is 0 Å². The van der Waals surface area contributed by atoms with E-state index in [0.29, 0.717) is 18.0 Å². The van der Waals surface area contributed by atoms with Crippen molar-refractivity contribution in [2.45, 2.75) is 39.5 Å². The van der Waals surface area contributed by atoms with Crippen LogP contribution in [0.1, 0.15) is 27.8 Å². The molecular formula is C21H28N2O2S. The molecule has 1 fully saturated rings. The van der Waals surface area contributed by atoms with E-state index < -0.39 is 10.0 Å². The van der Waals surface area contributed by atoms with Crippen molar-refractivity contribution in [2.24, 2.45) is 0 Å². The van der Waals surface area contributed by atoms with E-state index in [1.54, 1.807) is 4.31 Å². The third kappa shape index (κ3) is 3.38. The van der Waals surface area contributed by atoms with Crippen LogP contribution in [0.5, 0.6) is 0 Å². The van der Waals surface area contributed by atoms with Gasteiger partial charge in [-0.25, -0.2) is 8.42 Å². The second-order valence-corrected chi connectivity index (χ2v) is 9.23. The van der Waals surface area contributed by atoms with Crippen LogP contribution in [-0.2, 0) is 10.0 Å². The second kappa shape index (κ2) is 7.05. The highest BCUT2D eigenvalue weighted by atomic mass is 32.2. The fourth-order valence-electron chi connectivity index (χ4n) is 4.16. The first-order valence-corrected chi connectivity index (χ1v) is 10.5. The van der Waals surface area contributed by atoms with Crippen LogP contribution in [0.3, 0.4) is 0 Å². The van der Waals surface area contributed by atoms with Gasteiger partial charge in [-0.1, -0.05) is 35.9 Å². The summed E-state index contributed by atoms with van der Waals surface area (Å²) in [6, 6.07) is 10.2. The lowest BCUT2D eigenvalue weighted by atomic mass is 10.1. The van der Waals surface area contributed by atoms with E-state index in [4.69, 9.17) is 0 Å². The molecule has 26 heavy (non-hydrogen) atoms. The molecule has 0 saturated carbocycles. The van der Waals surface area contributed by atoms with Gasteiger partial charge in [0.2, 0.25) is 10.0 Å². The second-order valence-electron chi connectivity index (χ2n) is 7.36. The molecule has 1 aliphatic heterocycles. The number of sulfonamides is 1. The van der Waals surface area contributed by atoms with E-state index >= 15 is 0 Å². The van der Waals surface area contributed by atoms with Crippen LogP contribution in [-0.4, -0.2) is 38.9 Å². The molecule has 0 N–H and O–H groups in total. The summed E-state index contributed by atoms with van der Waals surface area (Å²) in [5.41, 5.74) is 6.49. The fourth-order valence-corrected chi connectivity index (χ4v) is 5.99. The Hall–Kier alpha value is -1.85. The smallest absolute Gasteiger partial charge is 0.243 e. The molecular weight excluding hydrogens is 344 g/mol. The summed E-state index contributed by atoms with van der Waals surface area (Å²) in [4.78, 5) is 2.79. The van der Waals surface area contributed by atoms with Gasteiger partial charge in [0.25, 0.3) is 0 Å². The standard InChI is InChI=1S/C21H28N2O2S/c1-15-13-18(4)21(19(5)14-15)26(24,25)23-11-9-22(10-12-23)20-16(2)7-6-8-17(20)3/h6-8,13-14H,9-12H2,1-5H3. The minimum absolute atomic E-state index is 0.476. The number of piperazine rings is 1. The number of hydrogen-bond acceptors (Lipinski definition) is 3. The van der Waals surface area contributed by atoms with Crippen LogP contribution in [0.4, 0.5) is 5.69 Å². The molecule has 0 aliphatic carbocycles. The molecule has 4 nitrogen and oxygen atoms in total. The summed E-state index contributed by atoms with van der Waals surface area (Å²) >= 11 is 0. The molecule has 0 radical (unpaired) electrons. The lowest BCUT2D eigenvalue weighted by Gasteiger charge is -2.37.